The summed E-state index contributed by atoms with van der Waals surface area (Å²) in [7, 11) is 0. The number of amides is 1. The Bertz CT molecular complexity index is 342. The highest BCUT2D eigenvalue weighted by Gasteiger charge is 2.34. The van der Waals surface area contributed by atoms with Crippen molar-refractivity contribution in [2.75, 3.05) is 13.1 Å². The van der Waals surface area contributed by atoms with Crippen LogP contribution in [0.5, 0.6) is 0 Å². The molecule has 0 bridgehead atoms. The Hall–Kier alpha value is -0.870. The van der Waals surface area contributed by atoms with Crippen molar-refractivity contribution in [3.05, 3.63) is 22.4 Å². The van der Waals surface area contributed by atoms with Crippen molar-refractivity contribution in [3.8, 4) is 0 Å². The molecule has 0 aromatic carbocycles. The van der Waals surface area contributed by atoms with Gasteiger partial charge in [-0.25, -0.2) is 0 Å². The highest BCUT2D eigenvalue weighted by molar-refractivity contribution is 7.07. The number of carbonyl (C=O) groups excluding carboxylic acids is 1. The van der Waals surface area contributed by atoms with Gasteiger partial charge in [-0.15, -0.1) is 0 Å². The number of thiophene rings is 1. The van der Waals surface area contributed by atoms with E-state index in [-0.39, 0.29) is 11.3 Å². The SMILES string of the molecule is CC1(C(=O)NCc2ccsc2)CCCNC1. The first-order valence-electron chi connectivity index (χ1n) is 5.71. The summed E-state index contributed by atoms with van der Waals surface area (Å²) in [5.74, 6) is 0.172. The molecule has 1 saturated heterocycles. The lowest BCUT2D eigenvalue weighted by atomic mass is 9.82. The van der Waals surface area contributed by atoms with E-state index in [1.807, 2.05) is 18.4 Å². The molecule has 0 aliphatic carbocycles. The predicted molar refractivity (Wildman–Crippen MR) is 66.4 cm³/mol. The maximum Gasteiger partial charge on any atom is 0.227 e. The Labute approximate surface area is 100 Å². The van der Waals surface area contributed by atoms with Crippen molar-refractivity contribution in [2.24, 2.45) is 5.41 Å². The van der Waals surface area contributed by atoms with Crippen molar-refractivity contribution in [3.63, 3.8) is 0 Å². The number of nitrogens with one attached hydrogen (secondary N) is 2. The number of rotatable bonds is 3. The maximum absolute atomic E-state index is 12.1. The first kappa shape index (κ1) is 11.6. The maximum atomic E-state index is 12.1. The second-order valence-electron chi connectivity index (χ2n) is 4.66. The molecule has 1 aromatic rings. The molecule has 1 fully saturated rings. The van der Waals surface area contributed by atoms with Crippen LogP contribution < -0.4 is 10.6 Å². The lowest BCUT2D eigenvalue weighted by Gasteiger charge is -2.32. The third-order valence-corrected chi connectivity index (χ3v) is 3.91. The molecule has 2 rings (SSSR count). The van der Waals surface area contributed by atoms with E-state index < -0.39 is 0 Å². The van der Waals surface area contributed by atoms with E-state index in [1.54, 1.807) is 11.3 Å². The van der Waals surface area contributed by atoms with Crippen LogP contribution >= 0.6 is 11.3 Å². The molecule has 1 aliphatic heterocycles. The van der Waals surface area contributed by atoms with Crippen LogP contribution in [0.2, 0.25) is 0 Å². The van der Waals surface area contributed by atoms with Crippen molar-refractivity contribution in [1.29, 1.82) is 0 Å². The average Bonchev–Trinajstić information content (AvgIpc) is 2.79. The second-order valence-corrected chi connectivity index (χ2v) is 5.44. The van der Waals surface area contributed by atoms with Gasteiger partial charge in [0.25, 0.3) is 0 Å². The Morgan fingerprint density at radius 3 is 3.19 bits per heavy atom. The van der Waals surface area contributed by atoms with Crippen LogP contribution in [-0.2, 0) is 11.3 Å². The summed E-state index contributed by atoms with van der Waals surface area (Å²) in [4.78, 5) is 12.1. The van der Waals surface area contributed by atoms with Gasteiger partial charge in [-0.05, 0) is 48.7 Å². The zero-order valence-electron chi connectivity index (χ0n) is 9.58. The highest BCUT2D eigenvalue weighted by Crippen LogP contribution is 2.25. The molecule has 1 aliphatic rings. The minimum absolute atomic E-state index is 0.172. The predicted octanol–water partition coefficient (Wildman–Crippen LogP) is 1.75. The van der Waals surface area contributed by atoms with Crippen LogP contribution in [-0.4, -0.2) is 19.0 Å². The third kappa shape index (κ3) is 2.62. The molecular weight excluding hydrogens is 220 g/mol. The molecule has 3 nitrogen and oxygen atoms in total. The molecule has 16 heavy (non-hydrogen) atoms. The molecule has 88 valence electrons. The number of hydrogen-bond acceptors (Lipinski definition) is 3. The fourth-order valence-electron chi connectivity index (χ4n) is 2.04. The molecule has 2 heterocycles. The number of hydrogen-bond donors (Lipinski definition) is 2. The van der Waals surface area contributed by atoms with E-state index in [0.717, 1.165) is 25.9 Å². The molecular formula is C12H18N2OS. The van der Waals surface area contributed by atoms with Gasteiger partial charge in [-0.2, -0.15) is 11.3 Å². The summed E-state index contributed by atoms with van der Waals surface area (Å²) < 4.78 is 0. The van der Waals surface area contributed by atoms with Gasteiger partial charge in [0, 0.05) is 13.1 Å². The Morgan fingerprint density at radius 1 is 1.69 bits per heavy atom. The number of carbonyl (C=O) groups is 1. The standard InChI is InChI=1S/C12H18N2OS/c1-12(4-2-5-13-9-12)11(15)14-7-10-3-6-16-8-10/h3,6,8,13H,2,4-5,7,9H2,1H3,(H,14,15). The van der Waals surface area contributed by atoms with E-state index in [2.05, 4.69) is 16.0 Å². The van der Waals surface area contributed by atoms with Crippen LogP contribution in [0.3, 0.4) is 0 Å². The Balaban J connectivity index is 1.87. The summed E-state index contributed by atoms with van der Waals surface area (Å²) in [6, 6.07) is 2.05. The van der Waals surface area contributed by atoms with E-state index >= 15 is 0 Å². The summed E-state index contributed by atoms with van der Waals surface area (Å²) in [6.07, 6.45) is 2.07. The highest BCUT2D eigenvalue weighted by atomic mass is 32.1. The van der Waals surface area contributed by atoms with Crippen molar-refractivity contribution in [1.82, 2.24) is 10.6 Å². The minimum atomic E-state index is -0.228. The fourth-order valence-corrected chi connectivity index (χ4v) is 2.71. The first-order valence-corrected chi connectivity index (χ1v) is 6.65. The molecule has 0 saturated carbocycles. The van der Waals surface area contributed by atoms with Crippen LogP contribution in [0.15, 0.2) is 16.8 Å². The third-order valence-electron chi connectivity index (χ3n) is 3.18. The second kappa shape index (κ2) is 4.97. The summed E-state index contributed by atoms with van der Waals surface area (Å²) in [5, 5.41) is 10.4. The van der Waals surface area contributed by atoms with Crippen LogP contribution in [0.4, 0.5) is 0 Å². The quantitative estimate of drug-likeness (QED) is 0.842. The van der Waals surface area contributed by atoms with Crippen LogP contribution in [0.25, 0.3) is 0 Å². The normalized spacial score (nSPS) is 25.3. The van der Waals surface area contributed by atoms with Crippen molar-refractivity contribution in [2.45, 2.75) is 26.3 Å². The molecule has 1 amide bonds. The molecule has 1 unspecified atom stereocenters. The van der Waals surface area contributed by atoms with Gasteiger partial charge in [-0.3, -0.25) is 4.79 Å². The molecule has 1 atom stereocenters. The van der Waals surface area contributed by atoms with Crippen LogP contribution in [0, 0.1) is 5.41 Å². The lowest BCUT2D eigenvalue weighted by Crippen LogP contribution is -2.48. The van der Waals surface area contributed by atoms with Gasteiger partial charge in [-0.1, -0.05) is 0 Å². The van der Waals surface area contributed by atoms with E-state index in [4.69, 9.17) is 0 Å². The van der Waals surface area contributed by atoms with Crippen LogP contribution in [0.1, 0.15) is 25.3 Å². The van der Waals surface area contributed by atoms with Gasteiger partial charge < -0.3 is 10.6 Å². The zero-order valence-corrected chi connectivity index (χ0v) is 10.4. The monoisotopic (exact) mass is 238 g/mol. The zero-order chi connectivity index (χ0) is 11.4. The molecule has 4 heteroatoms. The first-order chi connectivity index (χ1) is 7.71. The van der Waals surface area contributed by atoms with Gasteiger partial charge in [0.1, 0.15) is 0 Å². The summed E-state index contributed by atoms with van der Waals surface area (Å²) in [6.45, 7) is 4.52. The van der Waals surface area contributed by atoms with Gasteiger partial charge in [0.15, 0.2) is 0 Å². The average molecular weight is 238 g/mol. The molecule has 2 N–H and O–H groups in total. The van der Waals surface area contributed by atoms with Crippen molar-refractivity contribution < 1.29 is 4.79 Å². The topological polar surface area (TPSA) is 41.1 Å². The fraction of sp³-hybridized carbons (Fsp3) is 0.583. The Morgan fingerprint density at radius 2 is 2.56 bits per heavy atom. The van der Waals surface area contributed by atoms with Gasteiger partial charge in [0.05, 0.1) is 5.41 Å². The van der Waals surface area contributed by atoms with E-state index in [1.165, 1.54) is 5.56 Å². The summed E-state index contributed by atoms with van der Waals surface area (Å²) >= 11 is 1.66. The number of piperidine rings is 1. The minimum Gasteiger partial charge on any atom is -0.351 e. The van der Waals surface area contributed by atoms with E-state index in [0.29, 0.717) is 6.54 Å². The summed E-state index contributed by atoms with van der Waals surface area (Å²) in [5.41, 5.74) is 0.958. The molecule has 0 spiro atoms. The van der Waals surface area contributed by atoms with E-state index in [9.17, 15) is 4.79 Å². The largest absolute Gasteiger partial charge is 0.351 e. The molecule has 0 radical (unpaired) electrons. The van der Waals surface area contributed by atoms with Gasteiger partial charge >= 0.3 is 0 Å². The lowest BCUT2D eigenvalue weighted by molar-refractivity contribution is -0.131. The van der Waals surface area contributed by atoms with Crippen molar-refractivity contribution >= 4 is 17.2 Å². The van der Waals surface area contributed by atoms with Gasteiger partial charge in [0.2, 0.25) is 5.91 Å². The Kier molecular flexibility index (Phi) is 3.61. The smallest absolute Gasteiger partial charge is 0.227 e. The molecule has 1 aromatic heterocycles.